The second-order valence-corrected chi connectivity index (χ2v) is 5.93. The van der Waals surface area contributed by atoms with Crippen molar-refractivity contribution in [1.82, 2.24) is 5.32 Å². The number of carbonyl (C=O) groups is 1. The Morgan fingerprint density at radius 1 is 1.28 bits per heavy atom. The highest BCUT2D eigenvalue weighted by atomic mass is 16.1. The van der Waals surface area contributed by atoms with Gasteiger partial charge in [0.25, 0.3) is 5.91 Å². The van der Waals surface area contributed by atoms with Crippen LogP contribution in [0.4, 0.5) is 0 Å². The molecule has 0 bridgehead atoms. The van der Waals surface area contributed by atoms with Crippen molar-refractivity contribution in [3.8, 4) is 0 Å². The van der Waals surface area contributed by atoms with Crippen LogP contribution in [-0.4, -0.2) is 18.5 Å². The number of nitrogens with two attached hydrogens (primary N) is 1. The summed E-state index contributed by atoms with van der Waals surface area (Å²) < 4.78 is 0. The largest absolute Gasteiger partial charge is 0.348 e. The highest BCUT2D eigenvalue weighted by Gasteiger charge is 2.25. The molecule has 3 N–H and O–H groups in total. The molecular weight excluding hydrogens is 224 g/mol. The van der Waals surface area contributed by atoms with E-state index in [1.807, 2.05) is 32.0 Å². The van der Waals surface area contributed by atoms with E-state index in [4.69, 9.17) is 5.73 Å². The van der Waals surface area contributed by atoms with Crippen molar-refractivity contribution in [2.24, 2.45) is 11.1 Å². The molecule has 1 atom stereocenters. The van der Waals surface area contributed by atoms with Gasteiger partial charge in [0.05, 0.1) is 0 Å². The maximum absolute atomic E-state index is 12.2. The van der Waals surface area contributed by atoms with Gasteiger partial charge in [-0.25, -0.2) is 0 Å². The summed E-state index contributed by atoms with van der Waals surface area (Å²) in [5.41, 5.74) is 8.70. The van der Waals surface area contributed by atoms with Crippen LogP contribution >= 0.6 is 0 Å². The van der Waals surface area contributed by atoms with Gasteiger partial charge < -0.3 is 11.1 Å². The second-order valence-electron chi connectivity index (χ2n) is 5.93. The molecule has 0 heterocycles. The van der Waals surface area contributed by atoms with Gasteiger partial charge >= 0.3 is 0 Å². The number of rotatable bonds is 3. The van der Waals surface area contributed by atoms with Crippen LogP contribution in [0.5, 0.6) is 0 Å². The highest BCUT2D eigenvalue weighted by molar-refractivity contribution is 5.94. The zero-order chi connectivity index (χ0) is 13.9. The van der Waals surface area contributed by atoms with Gasteiger partial charge in [-0.05, 0) is 42.5 Å². The molecular formula is C15H24N2O. The molecule has 0 radical (unpaired) electrons. The predicted molar refractivity (Wildman–Crippen MR) is 75.7 cm³/mol. The Kier molecular flexibility index (Phi) is 4.52. The number of benzene rings is 1. The Balaban J connectivity index is 2.85. The van der Waals surface area contributed by atoms with Crippen LogP contribution in [0.15, 0.2) is 18.2 Å². The average molecular weight is 248 g/mol. The zero-order valence-corrected chi connectivity index (χ0v) is 12.0. The average Bonchev–Trinajstić information content (AvgIpc) is 2.27. The van der Waals surface area contributed by atoms with Crippen molar-refractivity contribution in [2.45, 2.75) is 40.7 Å². The minimum Gasteiger partial charge on any atom is -0.348 e. The summed E-state index contributed by atoms with van der Waals surface area (Å²) in [6, 6.07) is 5.72. The molecule has 1 amide bonds. The molecule has 1 aromatic carbocycles. The van der Waals surface area contributed by atoms with E-state index in [0.717, 1.165) is 5.56 Å². The van der Waals surface area contributed by atoms with E-state index in [2.05, 4.69) is 26.1 Å². The first-order valence-electron chi connectivity index (χ1n) is 6.34. The smallest absolute Gasteiger partial charge is 0.251 e. The fraction of sp³-hybridized carbons (Fsp3) is 0.533. The second kappa shape index (κ2) is 5.53. The van der Waals surface area contributed by atoms with E-state index in [-0.39, 0.29) is 17.4 Å². The molecule has 0 aliphatic carbocycles. The molecule has 1 rings (SSSR count). The monoisotopic (exact) mass is 248 g/mol. The summed E-state index contributed by atoms with van der Waals surface area (Å²) in [5.74, 6) is -0.0523. The van der Waals surface area contributed by atoms with Crippen LogP contribution in [0.25, 0.3) is 0 Å². The van der Waals surface area contributed by atoms with E-state index in [0.29, 0.717) is 12.1 Å². The molecule has 1 aromatic rings. The van der Waals surface area contributed by atoms with Gasteiger partial charge in [0.15, 0.2) is 0 Å². The summed E-state index contributed by atoms with van der Waals surface area (Å²) in [6.07, 6.45) is 0. The lowest BCUT2D eigenvalue weighted by Crippen LogP contribution is -2.48. The number of hydrogen-bond acceptors (Lipinski definition) is 2. The molecule has 18 heavy (non-hydrogen) atoms. The number of carbonyl (C=O) groups excluding carboxylic acids is 1. The van der Waals surface area contributed by atoms with Crippen molar-refractivity contribution < 1.29 is 4.79 Å². The summed E-state index contributed by atoms with van der Waals surface area (Å²) in [6.45, 7) is 10.7. The van der Waals surface area contributed by atoms with Gasteiger partial charge in [-0.15, -0.1) is 0 Å². The molecule has 3 nitrogen and oxygen atoms in total. The van der Waals surface area contributed by atoms with E-state index >= 15 is 0 Å². The van der Waals surface area contributed by atoms with Crippen molar-refractivity contribution in [2.75, 3.05) is 6.54 Å². The number of aryl methyl sites for hydroxylation is 2. The minimum atomic E-state index is -0.0523. The lowest BCUT2D eigenvalue weighted by atomic mass is 9.86. The first-order chi connectivity index (χ1) is 8.25. The van der Waals surface area contributed by atoms with Crippen molar-refractivity contribution in [1.29, 1.82) is 0 Å². The lowest BCUT2D eigenvalue weighted by molar-refractivity contribution is 0.0905. The van der Waals surface area contributed by atoms with Gasteiger partial charge in [-0.2, -0.15) is 0 Å². The maximum Gasteiger partial charge on any atom is 0.251 e. The van der Waals surface area contributed by atoms with E-state index in [9.17, 15) is 4.79 Å². The van der Waals surface area contributed by atoms with Crippen LogP contribution in [0, 0.1) is 19.3 Å². The summed E-state index contributed by atoms with van der Waals surface area (Å²) in [4.78, 5) is 12.2. The topological polar surface area (TPSA) is 55.1 Å². The van der Waals surface area contributed by atoms with Gasteiger partial charge in [0, 0.05) is 18.2 Å². The first-order valence-corrected chi connectivity index (χ1v) is 6.34. The fourth-order valence-electron chi connectivity index (χ4n) is 1.75. The number of nitrogens with one attached hydrogen (secondary N) is 1. The van der Waals surface area contributed by atoms with Crippen LogP contribution in [-0.2, 0) is 0 Å². The quantitative estimate of drug-likeness (QED) is 0.863. The van der Waals surface area contributed by atoms with Gasteiger partial charge in [-0.3, -0.25) is 4.79 Å². The molecule has 0 saturated carbocycles. The standard InChI is InChI=1S/C15H24N2O/c1-10-6-7-12(8-11(10)2)14(18)17-13(9-16)15(3,4)5/h6-8,13H,9,16H2,1-5H3,(H,17,18). The third-order valence-corrected chi connectivity index (χ3v) is 3.36. The Labute approximate surface area is 110 Å². The van der Waals surface area contributed by atoms with E-state index in [1.165, 1.54) is 5.56 Å². The molecule has 0 spiro atoms. The molecule has 0 saturated heterocycles. The Morgan fingerprint density at radius 2 is 1.89 bits per heavy atom. The van der Waals surface area contributed by atoms with Gasteiger partial charge in [0.1, 0.15) is 0 Å². The molecule has 100 valence electrons. The van der Waals surface area contributed by atoms with Crippen LogP contribution < -0.4 is 11.1 Å². The molecule has 0 aromatic heterocycles. The van der Waals surface area contributed by atoms with Crippen LogP contribution in [0.2, 0.25) is 0 Å². The number of amides is 1. The summed E-state index contributed by atoms with van der Waals surface area (Å²) >= 11 is 0. The summed E-state index contributed by atoms with van der Waals surface area (Å²) in [7, 11) is 0. The third kappa shape index (κ3) is 3.57. The minimum absolute atomic E-state index is 0.0217. The first kappa shape index (κ1) is 14.7. The van der Waals surface area contributed by atoms with Crippen molar-refractivity contribution >= 4 is 5.91 Å². The lowest BCUT2D eigenvalue weighted by Gasteiger charge is -2.30. The zero-order valence-electron chi connectivity index (χ0n) is 12.0. The predicted octanol–water partition coefficient (Wildman–Crippen LogP) is 2.41. The molecule has 0 aliphatic rings. The van der Waals surface area contributed by atoms with Gasteiger partial charge in [0.2, 0.25) is 0 Å². The maximum atomic E-state index is 12.2. The number of hydrogen-bond donors (Lipinski definition) is 2. The van der Waals surface area contributed by atoms with Crippen molar-refractivity contribution in [3.05, 3.63) is 34.9 Å². The van der Waals surface area contributed by atoms with Gasteiger partial charge in [-0.1, -0.05) is 26.8 Å². The fourth-order valence-corrected chi connectivity index (χ4v) is 1.75. The Hall–Kier alpha value is -1.35. The van der Waals surface area contributed by atoms with E-state index in [1.54, 1.807) is 0 Å². The molecule has 0 fully saturated rings. The van der Waals surface area contributed by atoms with E-state index < -0.39 is 0 Å². The normalized spacial score (nSPS) is 13.2. The molecule has 0 aliphatic heterocycles. The Bertz CT molecular complexity index is 433. The third-order valence-electron chi connectivity index (χ3n) is 3.36. The van der Waals surface area contributed by atoms with Crippen LogP contribution in [0.1, 0.15) is 42.3 Å². The highest BCUT2D eigenvalue weighted by Crippen LogP contribution is 2.19. The molecule has 1 unspecified atom stereocenters. The Morgan fingerprint density at radius 3 is 2.33 bits per heavy atom. The summed E-state index contributed by atoms with van der Waals surface area (Å²) in [5, 5.41) is 3.01. The SMILES string of the molecule is Cc1ccc(C(=O)NC(CN)C(C)(C)C)cc1C. The molecule has 3 heteroatoms. The van der Waals surface area contributed by atoms with Crippen LogP contribution in [0.3, 0.4) is 0 Å². The van der Waals surface area contributed by atoms with Crippen molar-refractivity contribution in [3.63, 3.8) is 0 Å².